The Morgan fingerprint density at radius 1 is 1.38 bits per heavy atom. The highest BCUT2D eigenvalue weighted by molar-refractivity contribution is 7.59. The first-order valence-corrected chi connectivity index (χ1v) is 4.11. The minimum Gasteiger partial charge on any atom is -0.492 e. The molecule has 0 N–H and O–H groups in total. The van der Waals surface area contributed by atoms with Crippen LogP contribution in [0.3, 0.4) is 0 Å². The number of halogens is 1. The lowest BCUT2D eigenvalue weighted by atomic mass is 10.1. The minimum atomic E-state index is 0. The van der Waals surface area contributed by atoms with Gasteiger partial charge in [-0.25, -0.2) is 0 Å². The molecule has 1 aliphatic rings. The van der Waals surface area contributed by atoms with Crippen LogP contribution in [0.2, 0.25) is 5.02 Å². The molecule has 1 aromatic carbocycles. The average Bonchev–Trinajstić information content (AvgIpc) is 2.04. The predicted octanol–water partition coefficient (Wildman–Crippen LogP) is 2.42. The van der Waals surface area contributed by atoms with Crippen LogP contribution in [0.4, 0.5) is 0 Å². The number of fused-ring (bicyclic) bond motifs is 1. The molecule has 2 rings (SSSR count). The quantitative estimate of drug-likeness (QED) is 0.666. The van der Waals surface area contributed by atoms with Gasteiger partial charge in [0.05, 0.1) is 12.2 Å². The van der Waals surface area contributed by atoms with Crippen LogP contribution in [0.5, 0.6) is 5.75 Å². The number of ether oxygens (including phenoxy) is 1. The van der Waals surface area contributed by atoms with E-state index in [0.717, 1.165) is 0 Å². The van der Waals surface area contributed by atoms with Crippen LogP contribution in [-0.2, 0) is 0 Å². The van der Waals surface area contributed by atoms with Crippen molar-refractivity contribution < 1.29 is 9.53 Å². The molecule has 0 spiro atoms. The van der Waals surface area contributed by atoms with E-state index in [1.807, 2.05) is 0 Å². The second-order valence-electron chi connectivity index (χ2n) is 2.66. The van der Waals surface area contributed by atoms with Gasteiger partial charge in [-0.1, -0.05) is 11.6 Å². The minimum absolute atomic E-state index is 0. The summed E-state index contributed by atoms with van der Waals surface area (Å²) in [5, 5.41) is 0.600. The van der Waals surface area contributed by atoms with E-state index in [0.29, 0.717) is 29.4 Å². The fraction of sp³-hybridized carbons (Fsp3) is 0.222. The van der Waals surface area contributed by atoms with E-state index >= 15 is 0 Å². The lowest BCUT2D eigenvalue weighted by Crippen LogP contribution is -2.14. The summed E-state index contributed by atoms with van der Waals surface area (Å²) in [7, 11) is 0. The molecule has 0 fully saturated rings. The fourth-order valence-corrected chi connectivity index (χ4v) is 1.40. The fourth-order valence-electron chi connectivity index (χ4n) is 1.23. The van der Waals surface area contributed by atoms with Gasteiger partial charge < -0.3 is 4.74 Å². The number of carbonyl (C=O) groups is 1. The highest BCUT2D eigenvalue weighted by atomic mass is 35.5. The van der Waals surface area contributed by atoms with Crippen LogP contribution in [0, 0.1) is 0 Å². The van der Waals surface area contributed by atoms with E-state index in [1.54, 1.807) is 18.2 Å². The third kappa shape index (κ3) is 1.98. The number of hydrogen-bond acceptors (Lipinski definition) is 2. The zero-order chi connectivity index (χ0) is 8.55. The molecule has 0 aliphatic carbocycles. The Balaban J connectivity index is 0.000000845. The molecular formula is C9H9ClO2S. The highest BCUT2D eigenvalue weighted by Gasteiger charge is 2.17. The molecular weight excluding hydrogens is 208 g/mol. The second-order valence-corrected chi connectivity index (χ2v) is 3.10. The standard InChI is InChI=1S/C9H7ClO2.H2S/c10-6-1-2-7-8(11)3-4-12-9(7)5-6;/h1-2,5H,3-4H2;1H2. The van der Waals surface area contributed by atoms with Gasteiger partial charge in [0, 0.05) is 11.4 Å². The summed E-state index contributed by atoms with van der Waals surface area (Å²) in [4.78, 5) is 11.3. The van der Waals surface area contributed by atoms with E-state index in [1.165, 1.54) is 0 Å². The number of carbonyl (C=O) groups excluding carboxylic acids is 1. The number of rotatable bonds is 0. The van der Waals surface area contributed by atoms with Gasteiger partial charge in [0.1, 0.15) is 5.75 Å². The molecule has 1 heterocycles. The Morgan fingerprint density at radius 3 is 2.92 bits per heavy atom. The first kappa shape index (κ1) is 10.4. The Morgan fingerprint density at radius 2 is 2.15 bits per heavy atom. The molecule has 0 unspecified atom stereocenters. The van der Waals surface area contributed by atoms with Crippen molar-refractivity contribution in [2.24, 2.45) is 0 Å². The van der Waals surface area contributed by atoms with Crippen molar-refractivity contribution in [3.05, 3.63) is 28.8 Å². The van der Waals surface area contributed by atoms with Gasteiger partial charge in [0.2, 0.25) is 0 Å². The van der Waals surface area contributed by atoms with E-state index in [4.69, 9.17) is 16.3 Å². The van der Waals surface area contributed by atoms with Crippen molar-refractivity contribution in [1.82, 2.24) is 0 Å². The molecule has 4 heteroatoms. The Bertz CT molecular complexity index is 338. The van der Waals surface area contributed by atoms with Crippen molar-refractivity contribution in [2.45, 2.75) is 6.42 Å². The van der Waals surface area contributed by atoms with Crippen LogP contribution in [-0.4, -0.2) is 12.4 Å². The molecule has 0 amide bonds. The Labute approximate surface area is 88.3 Å². The van der Waals surface area contributed by atoms with Crippen LogP contribution in [0.1, 0.15) is 16.8 Å². The SMILES string of the molecule is O=C1CCOc2cc(Cl)ccc21.S. The summed E-state index contributed by atoms with van der Waals surface area (Å²) in [6.07, 6.45) is 0.467. The molecule has 70 valence electrons. The molecule has 0 aromatic heterocycles. The van der Waals surface area contributed by atoms with Gasteiger partial charge in [-0.15, -0.1) is 0 Å². The summed E-state index contributed by atoms with van der Waals surface area (Å²) in [6.45, 7) is 0.464. The number of ketones is 1. The Kier molecular flexibility index (Phi) is 3.22. The van der Waals surface area contributed by atoms with Crippen molar-refractivity contribution in [3.8, 4) is 5.75 Å². The molecule has 0 radical (unpaired) electrons. The molecule has 1 aliphatic heterocycles. The zero-order valence-corrected chi connectivity index (χ0v) is 8.60. The van der Waals surface area contributed by atoms with Crippen LogP contribution >= 0.6 is 25.1 Å². The molecule has 2 nitrogen and oxygen atoms in total. The van der Waals surface area contributed by atoms with Gasteiger partial charge in [-0.05, 0) is 18.2 Å². The van der Waals surface area contributed by atoms with E-state index in [9.17, 15) is 4.79 Å². The van der Waals surface area contributed by atoms with Crippen molar-refractivity contribution >= 4 is 30.9 Å². The molecule has 0 bridgehead atoms. The first-order valence-electron chi connectivity index (χ1n) is 3.73. The van der Waals surface area contributed by atoms with E-state index in [-0.39, 0.29) is 19.3 Å². The summed E-state index contributed by atoms with van der Waals surface area (Å²) in [5.41, 5.74) is 0.644. The third-order valence-electron chi connectivity index (χ3n) is 1.83. The van der Waals surface area contributed by atoms with Gasteiger partial charge in [0.15, 0.2) is 5.78 Å². The second kappa shape index (κ2) is 4.03. The molecule has 0 atom stereocenters. The van der Waals surface area contributed by atoms with Gasteiger partial charge >= 0.3 is 0 Å². The summed E-state index contributed by atoms with van der Waals surface area (Å²) in [5.74, 6) is 0.742. The molecule has 0 saturated carbocycles. The highest BCUT2D eigenvalue weighted by Crippen LogP contribution is 2.27. The smallest absolute Gasteiger partial charge is 0.169 e. The van der Waals surface area contributed by atoms with Crippen molar-refractivity contribution in [2.75, 3.05) is 6.61 Å². The van der Waals surface area contributed by atoms with Crippen molar-refractivity contribution in [1.29, 1.82) is 0 Å². The Hall–Kier alpha value is -0.670. The van der Waals surface area contributed by atoms with Gasteiger partial charge in [0.25, 0.3) is 0 Å². The van der Waals surface area contributed by atoms with Crippen LogP contribution in [0.15, 0.2) is 18.2 Å². The van der Waals surface area contributed by atoms with Gasteiger partial charge in [-0.3, -0.25) is 4.79 Å². The third-order valence-corrected chi connectivity index (χ3v) is 2.07. The maximum absolute atomic E-state index is 11.3. The zero-order valence-electron chi connectivity index (χ0n) is 6.84. The topological polar surface area (TPSA) is 26.3 Å². The summed E-state index contributed by atoms with van der Waals surface area (Å²) >= 11 is 5.73. The average molecular weight is 217 g/mol. The lowest BCUT2D eigenvalue weighted by Gasteiger charge is -2.15. The van der Waals surface area contributed by atoms with E-state index < -0.39 is 0 Å². The molecule has 13 heavy (non-hydrogen) atoms. The number of benzene rings is 1. The summed E-state index contributed by atoms with van der Waals surface area (Å²) < 4.78 is 5.27. The number of Topliss-reactive ketones (excluding diaryl/α,β-unsaturated/α-hetero) is 1. The number of hydrogen-bond donors (Lipinski definition) is 0. The summed E-state index contributed by atoms with van der Waals surface area (Å²) in [6, 6.07) is 5.08. The van der Waals surface area contributed by atoms with Crippen LogP contribution < -0.4 is 4.74 Å². The van der Waals surface area contributed by atoms with E-state index in [2.05, 4.69) is 0 Å². The predicted molar refractivity (Wildman–Crippen MR) is 56.3 cm³/mol. The lowest BCUT2D eigenvalue weighted by molar-refractivity contribution is 0.0933. The maximum Gasteiger partial charge on any atom is 0.169 e. The van der Waals surface area contributed by atoms with Crippen LogP contribution in [0.25, 0.3) is 0 Å². The van der Waals surface area contributed by atoms with Crippen molar-refractivity contribution in [3.63, 3.8) is 0 Å². The monoisotopic (exact) mass is 216 g/mol. The molecule has 1 aromatic rings. The normalized spacial score (nSPS) is 14.1. The van der Waals surface area contributed by atoms with Gasteiger partial charge in [-0.2, -0.15) is 13.5 Å². The largest absolute Gasteiger partial charge is 0.492 e. The maximum atomic E-state index is 11.3. The first-order chi connectivity index (χ1) is 5.77. The molecule has 0 saturated heterocycles.